The van der Waals surface area contributed by atoms with E-state index in [1.54, 1.807) is 24.3 Å². The number of rotatable bonds is 4. The Morgan fingerprint density at radius 1 is 0.788 bits per heavy atom. The van der Waals surface area contributed by atoms with E-state index >= 15 is 0 Å². The van der Waals surface area contributed by atoms with E-state index in [0.717, 1.165) is 4.90 Å². The minimum absolute atomic E-state index is 0.0262. The van der Waals surface area contributed by atoms with Crippen LogP contribution in [0.25, 0.3) is 0 Å². The molecule has 168 valence electrons. The molecule has 4 rings (SSSR count). The summed E-state index contributed by atoms with van der Waals surface area (Å²) in [5.74, 6) is -1.73. The van der Waals surface area contributed by atoms with Gasteiger partial charge in [-0.15, -0.1) is 0 Å². The number of benzene rings is 3. The van der Waals surface area contributed by atoms with Gasteiger partial charge in [-0.1, -0.05) is 35.3 Å². The molecule has 3 aromatic rings. The Hall–Kier alpha value is -1.23. The van der Waals surface area contributed by atoms with Crippen molar-refractivity contribution in [3.63, 3.8) is 0 Å². The highest BCUT2D eigenvalue weighted by atomic mass is 79.9. The van der Waals surface area contributed by atoms with Crippen LogP contribution in [-0.2, 0) is 11.2 Å². The van der Waals surface area contributed by atoms with E-state index in [-0.39, 0.29) is 34.0 Å². The van der Waals surface area contributed by atoms with Crippen molar-refractivity contribution in [2.75, 3.05) is 4.90 Å². The number of ether oxygens (including phenoxy) is 1. The van der Waals surface area contributed by atoms with Crippen molar-refractivity contribution in [3.05, 3.63) is 87.1 Å². The molecule has 0 fully saturated rings. The van der Waals surface area contributed by atoms with Gasteiger partial charge in [0.05, 0.1) is 23.2 Å². The largest absolute Gasteiger partial charge is 0.424 e. The second-order valence-electron chi connectivity index (χ2n) is 6.84. The van der Waals surface area contributed by atoms with Crippen LogP contribution in [0.4, 0.5) is 5.69 Å². The fourth-order valence-corrected chi connectivity index (χ4v) is 6.00. The molecule has 0 unspecified atom stereocenters. The number of nitrogens with zero attached hydrogens (tertiary/aromatic N) is 1. The quantitative estimate of drug-likeness (QED) is 0.0895. The number of hydrogen-bond donors (Lipinski definition) is 0. The zero-order valence-corrected chi connectivity index (χ0v) is 24.0. The van der Waals surface area contributed by atoms with Crippen molar-refractivity contribution in [1.82, 2.24) is 0 Å². The van der Waals surface area contributed by atoms with E-state index < -0.39 is 17.8 Å². The van der Waals surface area contributed by atoms with Gasteiger partial charge in [0.2, 0.25) is 0 Å². The van der Waals surface area contributed by atoms with Crippen LogP contribution in [0, 0.1) is 0 Å². The molecule has 0 aliphatic carbocycles. The Morgan fingerprint density at radius 2 is 1.30 bits per heavy atom. The normalized spacial score (nSPS) is 12.8. The monoisotopic (exact) mass is 737 g/mol. The van der Waals surface area contributed by atoms with Gasteiger partial charge in [-0.05, 0) is 99.6 Å². The first-order chi connectivity index (χ1) is 15.6. The zero-order chi connectivity index (χ0) is 24.0. The number of hydrogen-bond acceptors (Lipinski definition) is 4. The maximum atomic E-state index is 13.3. The number of halogens is 6. The average Bonchev–Trinajstić information content (AvgIpc) is 3.03. The molecule has 1 aliphatic heterocycles. The first-order valence-electron chi connectivity index (χ1n) is 9.09. The summed E-state index contributed by atoms with van der Waals surface area (Å²) in [4.78, 5) is 40.2. The highest BCUT2D eigenvalue weighted by Gasteiger charge is 2.43. The second-order valence-corrected chi connectivity index (χ2v) is 10.9. The van der Waals surface area contributed by atoms with Gasteiger partial charge in [-0.25, -0.2) is 4.90 Å². The van der Waals surface area contributed by atoms with Crippen LogP contribution < -0.4 is 9.64 Å². The predicted octanol–water partition coefficient (Wildman–Crippen LogP) is 7.99. The summed E-state index contributed by atoms with van der Waals surface area (Å²) < 4.78 is 7.49. The van der Waals surface area contributed by atoms with Gasteiger partial charge in [0.15, 0.2) is 5.75 Å². The third-order valence-electron chi connectivity index (χ3n) is 4.75. The molecule has 33 heavy (non-hydrogen) atoms. The molecule has 3 aromatic carbocycles. The molecule has 0 radical (unpaired) electrons. The molecule has 0 saturated heterocycles. The Labute approximate surface area is 231 Å². The number of anilines is 1. The van der Waals surface area contributed by atoms with E-state index in [0.29, 0.717) is 28.5 Å². The number of amides is 2. The predicted molar refractivity (Wildman–Crippen MR) is 141 cm³/mol. The first kappa shape index (κ1) is 24.9. The van der Waals surface area contributed by atoms with E-state index in [1.807, 2.05) is 0 Å². The molecular formula is C22H9Br4Cl2NO4. The highest BCUT2D eigenvalue weighted by molar-refractivity contribution is 9.15. The van der Waals surface area contributed by atoms with Crippen LogP contribution in [0.2, 0.25) is 10.0 Å². The van der Waals surface area contributed by atoms with Crippen LogP contribution in [-0.4, -0.2) is 17.8 Å². The van der Waals surface area contributed by atoms with Crippen LogP contribution in [0.1, 0.15) is 26.3 Å². The van der Waals surface area contributed by atoms with E-state index in [9.17, 15) is 14.4 Å². The third-order valence-corrected chi connectivity index (χ3v) is 10.0. The molecule has 0 spiro atoms. The summed E-state index contributed by atoms with van der Waals surface area (Å²) in [6, 6.07) is 11.1. The molecule has 0 atom stereocenters. The number of carbonyl (C=O) groups excluding carboxylic acids is 3. The fraction of sp³-hybridized carbons (Fsp3) is 0.0455. The van der Waals surface area contributed by atoms with Gasteiger partial charge in [0, 0.05) is 27.9 Å². The Morgan fingerprint density at radius 3 is 1.85 bits per heavy atom. The molecule has 0 bridgehead atoms. The minimum atomic E-state index is -0.590. The molecule has 1 aliphatic rings. The number of carbonyl (C=O) groups is 3. The molecule has 2 amide bonds. The van der Waals surface area contributed by atoms with Gasteiger partial charge in [0.1, 0.15) is 0 Å². The summed E-state index contributed by atoms with van der Waals surface area (Å²) in [7, 11) is 0. The van der Waals surface area contributed by atoms with Crippen LogP contribution in [0.3, 0.4) is 0 Å². The molecular weight excluding hydrogens is 733 g/mol. The average molecular weight is 742 g/mol. The van der Waals surface area contributed by atoms with Crippen molar-refractivity contribution in [2.45, 2.75) is 6.42 Å². The topological polar surface area (TPSA) is 63.7 Å². The smallest absolute Gasteiger partial charge is 0.315 e. The van der Waals surface area contributed by atoms with Crippen molar-refractivity contribution < 1.29 is 19.1 Å². The van der Waals surface area contributed by atoms with Gasteiger partial charge in [-0.3, -0.25) is 14.4 Å². The lowest BCUT2D eigenvalue weighted by atomic mass is 10.1. The summed E-state index contributed by atoms with van der Waals surface area (Å²) in [5.41, 5.74) is 1.09. The fourth-order valence-electron chi connectivity index (χ4n) is 3.25. The SMILES string of the molecule is O=C(Cc1ccc(Cl)cc1)Oc1ccc(Cl)cc1N1C(=O)c2c(Br)c(Br)c(Br)c(Br)c2C1=O. The number of imide groups is 1. The number of fused-ring (bicyclic) bond motifs is 1. The van der Waals surface area contributed by atoms with Crippen molar-refractivity contribution in [1.29, 1.82) is 0 Å². The lowest BCUT2D eigenvalue weighted by Gasteiger charge is -2.18. The Balaban J connectivity index is 1.72. The van der Waals surface area contributed by atoms with E-state index in [2.05, 4.69) is 63.7 Å². The maximum Gasteiger partial charge on any atom is 0.315 e. The van der Waals surface area contributed by atoms with Gasteiger partial charge in [-0.2, -0.15) is 0 Å². The third kappa shape index (κ3) is 4.68. The van der Waals surface area contributed by atoms with Crippen molar-refractivity contribution >= 4 is 110 Å². The van der Waals surface area contributed by atoms with Gasteiger partial charge in [0.25, 0.3) is 11.8 Å². The Bertz CT molecular complexity index is 1300. The second kappa shape index (κ2) is 9.79. The minimum Gasteiger partial charge on any atom is -0.424 e. The summed E-state index contributed by atoms with van der Waals surface area (Å²) in [6.45, 7) is 0. The van der Waals surface area contributed by atoms with Gasteiger partial charge < -0.3 is 4.74 Å². The lowest BCUT2D eigenvalue weighted by Crippen LogP contribution is -2.30. The standard InChI is InChI=1S/C22H9Br4Cl2NO4/c23-17-15-16(18(24)20(26)19(17)25)22(32)29(21(15)31)12-8-11(28)5-6-13(12)33-14(30)7-9-1-3-10(27)4-2-9/h1-6,8H,7H2. The van der Waals surface area contributed by atoms with Crippen LogP contribution in [0.5, 0.6) is 5.75 Å². The molecule has 0 N–H and O–H groups in total. The maximum absolute atomic E-state index is 13.3. The first-order valence-corrected chi connectivity index (χ1v) is 13.0. The zero-order valence-electron chi connectivity index (χ0n) is 16.1. The summed E-state index contributed by atoms with van der Waals surface area (Å²) in [6.07, 6.45) is -0.0294. The number of esters is 1. The van der Waals surface area contributed by atoms with E-state index in [1.165, 1.54) is 18.2 Å². The van der Waals surface area contributed by atoms with Crippen LogP contribution >= 0.6 is 86.9 Å². The molecule has 0 aromatic heterocycles. The molecule has 5 nitrogen and oxygen atoms in total. The van der Waals surface area contributed by atoms with Crippen molar-refractivity contribution in [2.24, 2.45) is 0 Å². The van der Waals surface area contributed by atoms with Gasteiger partial charge >= 0.3 is 5.97 Å². The molecule has 0 saturated carbocycles. The molecule has 11 heteroatoms. The molecule has 1 heterocycles. The van der Waals surface area contributed by atoms with Crippen LogP contribution in [0.15, 0.2) is 60.4 Å². The lowest BCUT2D eigenvalue weighted by molar-refractivity contribution is -0.133. The van der Waals surface area contributed by atoms with Crippen molar-refractivity contribution in [3.8, 4) is 5.75 Å². The highest BCUT2D eigenvalue weighted by Crippen LogP contribution is 2.47. The summed E-state index contributed by atoms with van der Waals surface area (Å²) >= 11 is 25.6. The summed E-state index contributed by atoms with van der Waals surface area (Å²) in [5, 5.41) is 0.813. The Kier molecular flexibility index (Phi) is 7.38. The van der Waals surface area contributed by atoms with E-state index in [4.69, 9.17) is 27.9 Å².